The molecule has 0 fully saturated rings. The van der Waals surface area contributed by atoms with Crippen molar-refractivity contribution in [2.24, 2.45) is 0 Å². The molecule has 0 bridgehead atoms. The van der Waals surface area contributed by atoms with E-state index in [0.29, 0.717) is 11.6 Å². The van der Waals surface area contributed by atoms with Crippen molar-refractivity contribution >= 4 is 32.6 Å². The summed E-state index contributed by atoms with van der Waals surface area (Å²) in [7, 11) is 1.63. The molecule has 1 heterocycles. The number of hydrogen-bond donors (Lipinski definition) is 1. The lowest BCUT2D eigenvalue weighted by Gasteiger charge is -2.03. The third-order valence-corrected chi connectivity index (χ3v) is 4.57. The van der Waals surface area contributed by atoms with Gasteiger partial charge in [-0.3, -0.25) is 4.79 Å². The zero-order valence-electron chi connectivity index (χ0n) is 13.1. The van der Waals surface area contributed by atoms with E-state index in [9.17, 15) is 4.79 Å². The van der Waals surface area contributed by atoms with Crippen LogP contribution in [0.1, 0.15) is 18.1 Å². The highest BCUT2D eigenvalue weighted by Gasteiger charge is 2.09. The summed E-state index contributed by atoms with van der Waals surface area (Å²) in [6.45, 7) is 2.11. The van der Waals surface area contributed by atoms with E-state index in [1.165, 1.54) is 16.9 Å². The van der Waals surface area contributed by atoms with Gasteiger partial charge < -0.3 is 10.1 Å². The SMILES string of the molecule is CCc1ccc(CC(=O)Nc2nc3ccc(OC)cc3s2)cc1. The van der Waals surface area contributed by atoms with E-state index < -0.39 is 0 Å². The lowest BCUT2D eigenvalue weighted by molar-refractivity contribution is -0.115. The largest absolute Gasteiger partial charge is 0.497 e. The number of hydrogen-bond acceptors (Lipinski definition) is 4. The average molecular weight is 326 g/mol. The number of rotatable bonds is 5. The summed E-state index contributed by atoms with van der Waals surface area (Å²) in [5, 5.41) is 3.49. The summed E-state index contributed by atoms with van der Waals surface area (Å²) in [5.41, 5.74) is 3.13. The Morgan fingerprint density at radius 2 is 1.91 bits per heavy atom. The molecule has 0 radical (unpaired) electrons. The molecule has 0 aliphatic carbocycles. The number of aryl methyl sites for hydroxylation is 1. The van der Waals surface area contributed by atoms with Crippen molar-refractivity contribution in [2.45, 2.75) is 19.8 Å². The predicted octanol–water partition coefficient (Wildman–Crippen LogP) is 4.05. The van der Waals surface area contributed by atoms with Crippen LogP contribution in [0.2, 0.25) is 0 Å². The van der Waals surface area contributed by atoms with E-state index in [0.717, 1.165) is 28.0 Å². The fraction of sp³-hybridized carbons (Fsp3) is 0.222. The number of nitrogens with zero attached hydrogens (tertiary/aromatic N) is 1. The number of carbonyl (C=O) groups is 1. The molecular formula is C18H18N2O2S. The number of thiazole rings is 1. The number of amides is 1. The van der Waals surface area contributed by atoms with Crippen molar-refractivity contribution in [1.82, 2.24) is 4.98 Å². The Balaban J connectivity index is 1.69. The molecule has 0 aliphatic heterocycles. The summed E-state index contributed by atoms with van der Waals surface area (Å²) in [6.07, 6.45) is 1.35. The maximum atomic E-state index is 12.2. The van der Waals surface area contributed by atoms with Crippen molar-refractivity contribution < 1.29 is 9.53 Å². The third kappa shape index (κ3) is 3.68. The number of methoxy groups -OCH3 is 1. The van der Waals surface area contributed by atoms with Gasteiger partial charge in [-0.05, 0) is 35.7 Å². The second-order valence-electron chi connectivity index (χ2n) is 5.25. The van der Waals surface area contributed by atoms with Gasteiger partial charge in [0.25, 0.3) is 0 Å². The average Bonchev–Trinajstić information content (AvgIpc) is 2.96. The van der Waals surface area contributed by atoms with Crippen LogP contribution < -0.4 is 10.1 Å². The summed E-state index contributed by atoms with van der Waals surface area (Å²) in [4.78, 5) is 16.6. The minimum absolute atomic E-state index is 0.0553. The Morgan fingerprint density at radius 3 is 2.61 bits per heavy atom. The monoisotopic (exact) mass is 326 g/mol. The second kappa shape index (κ2) is 6.79. The van der Waals surface area contributed by atoms with Crippen molar-refractivity contribution in [3.05, 3.63) is 53.6 Å². The predicted molar refractivity (Wildman–Crippen MR) is 94.3 cm³/mol. The van der Waals surface area contributed by atoms with E-state index in [2.05, 4.69) is 29.4 Å². The number of anilines is 1. The maximum Gasteiger partial charge on any atom is 0.230 e. The van der Waals surface area contributed by atoms with E-state index in [1.807, 2.05) is 30.3 Å². The van der Waals surface area contributed by atoms with Crippen molar-refractivity contribution in [3.8, 4) is 5.75 Å². The van der Waals surface area contributed by atoms with E-state index >= 15 is 0 Å². The van der Waals surface area contributed by atoms with Gasteiger partial charge in [0.1, 0.15) is 5.75 Å². The zero-order chi connectivity index (χ0) is 16.2. The molecule has 5 heteroatoms. The second-order valence-corrected chi connectivity index (χ2v) is 6.28. The summed E-state index contributed by atoms with van der Waals surface area (Å²) in [6, 6.07) is 13.8. The topological polar surface area (TPSA) is 51.2 Å². The lowest BCUT2D eigenvalue weighted by Crippen LogP contribution is -2.14. The quantitative estimate of drug-likeness (QED) is 0.769. The minimum atomic E-state index is -0.0553. The highest BCUT2D eigenvalue weighted by atomic mass is 32.1. The van der Waals surface area contributed by atoms with Gasteiger partial charge in [-0.25, -0.2) is 4.98 Å². The Bertz CT molecular complexity index is 825. The van der Waals surface area contributed by atoms with Crippen LogP contribution in [0.15, 0.2) is 42.5 Å². The minimum Gasteiger partial charge on any atom is -0.497 e. The number of ether oxygens (including phenoxy) is 1. The Labute approximate surface area is 139 Å². The van der Waals surface area contributed by atoms with Crippen LogP contribution >= 0.6 is 11.3 Å². The van der Waals surface area contributed by atoms with Crippen molar-refractivity contribution in [1.29, 1.82) is 0 Å². The smallest absolute Gasteiger partial charge is 0.230 e. The van der Waals surface area contributed by atoms with Crippen LogP contribution in [0.4, 0.5) is 5.13 Å². The summed E-state index contributed by atoms with van der Waals surface area (Å²) < 4.78 is 6.19. The number of benzene rings is 2. The van der Waals surface area contributed by atoms with Gasteiger partial charge in [-0.15, -0.1) is 0 Å². The Morgan fingerprint density at radius 1 is 1.17 bits per heavy atom. The summed E-state index contributed by atoms with van der Waals surface area (Å²) in [5.74, 6) is 0.732. The highest BCUT2D eigenvalue weighted by Crippen LogP contribution is 2.29. The van der Waals surface area contributed by atoms with Crippen LogP contribution in [-0.4, -0.2) is 18.0 Å². The van der Waals surface area contributed by atoms with Crippen LogP contribution in [0.25, 0.3) is 10.2 Å². The molecule has 1 N–H and O–H groups in total. The molecular weight excluding hydrogens is 308 g/mol. The van der Waals surface area contributed by atoms with Crippen LogP contribution in [0.5, 0.6) is 5.75 Å². The van der Waals surface area contributed by atoms with E-state index in [4.69, 9.17) is 4.74 Å². The first kappa shape index (κ1) is 15.5. The van der Waals surface area contributed by atoms with Gasteiger partial charge in [-0.2, -0.15) is 0 Å². The van der Waals surface area contributed by atoms with Gasteiger partial charge >= 0.3 is 0 Å². The number of fused-ring (bicyclic) bond motifs is 1. The number of carbonyl (C=O) groups excluding carboxylic acids is 1. The Hall–Kier alpha value is -2.40. The third-order valence-electron chi connectivity index (χ3n) is 3.64. The normalized spacial score (nSPS) is 10.7. The van der Waals surface area contributed by atoms with Gasteiger partial charge in [0.05, 0.1) is 23.7 Å². The molecule has 0 spiro atoms. The van der Waals surface area contributed by atoms with Crippen molar-refractivity contribution in [2.75, 3.05) is 12.4 Å². The highest BCUT2D eigenvalue weighted by molar-refractivity contribution is 7.22. The molecule has 118 valence electrons. The fourth-order valence-electron chi connectivity index (χ4n) is 2.33. The van der Waals surface area contributed by atoms with Crippen LogP contribution in [0, 0.1) is 0 Å². The van der Waals surface area contributed by atoms with Gasteiger partial charge in [0, 0.05) is 0 Å². The van der Waals surface area contributed by atoms with E-state index in [-0.39, 0.29) is 5.91 Å². The molecule has 0 aliphatic rings. The van der Waals surface area contributed by atoms with Crippen molar-refractivity contribution in [3.63, 3.8) is 0 Å². The molecule has 2 aromatic carbocycles. The summed E-state index contributed by atoms with van der Waals surface area (Å²) >= 11 is 1.45. The Kier molecular flexibility index (Phi) is 4.57. The fourth-order valence-corrected chi connectivity index (χ4v) is 3.24. The molecule has 1 amide bonds. The number of nitrogens with one attached hydrogen (secondary N) is 1. The number of aromatic nitrogens is 1. The molecule has 0 saturated heterocycles. The first-order chi connectivity index (χ1) is 11.2. The maximum absolute atomic E-state index is 12.2. The molecule has 3 aromatic rings. The molecule has 4 nitrogen and oxygen atoms in total. The first-order valence-corrected chi connectivity index (χ1v) is 8.32. The molecule has 0 saturated carbocycles. The zero-order valence-corrected chi connectivity index (χ0v) is 13.9. The first-order valence-electron chi connectivity index (χ1n) is 7.50. The standard InChI is InChI=1S/C18H18N2O2S/c1-3-12-4-6-13(7-5-12)10-17(21)20-18-19-15-9-8-14(22-2)11-16(15)23-18/h4-9,11H,3,10H2,1-2H3,(H,19,20,21). The van der Waals surface area contributed by atoms with Crippen LogP contribution in [0.3, 0.4) is 0 Å². The van der Waals surface area contributed by atoms with Gasteiger partial charge in [0.15, 0.2) is 5.13 Å². The molecule has 0 unspecified atom stereocenters. The van der Waals surface area contributed by atoms with Crippen LogP contribution in [-0.2, 0) is 17.6 Å². The lowest BCUT2D eigenvalue weighted by atomic mass is 10.1. The molecule has 23 heavy (non-hydrogen) atoms. The van der Waals surface area contributed by atoms with Gasteiger partial charge in [0.2, 0.25) is 5.91 Å². The van der Waals surface area contributed by atoms with Gasteiger partial charge in [-0.1, -0.05) is 42.5 Å². The van der Waals surface area contributed by atoms with E-state index in [1.54, 1.807) is 7.11 Å². The molecule has 0 atom stereocenters. The molecule has 3 rings (SSSR count). The molecule has 1 aromatic heterocycles.